The van der Waals surface area contributed by atoms with E-state index >= 15 is 0 Å². The third-order valence-electron chi connectivity index (χ3n) is 1.86. The highest BCUT2D eigenvalue weighted by molar-refractivity contribution is 5.28. The van der Waals surface area contributed by atoms with Crippen LogP contribution in [-0.4, -0.2) is 13.4 Å². The predicted octanol–water partition coefficient (Wildman–Crippen LogP) is 3.02. The van der Waals surface area contributed by atoms with Crippen LogP contribution < -0.4 is 4.74 Å². The largest absolute Gasteiger partial charge is 0.494 e. The van der Waals surface area contributed by atoms with Crippen molar-refractivity contribution in [2.24, 2.45) is 0 Å². The Morgan fingerprint density at radius 2 is 1.71 bits per heavy atom. The fourth-order valence-electron chi connectivity index (χ4n) is 1.12. The normalized spacial score (nSPS) is 9.14. The predicted molar refractivity (Wildman–Crippen MR) is 58.8 cm³/mol. The molecule has 0 spiro atoms. The highest BCUT2D eigenvalue weighted by atomic mass is 16.5. The van der Waals surface area contributed by atoms with Crippen molar-refractivity contribution in [1.29, 1.82) is 0 Å². The van der Waals surface area contributed by atoms with Gasteiger partial charge in [-0.3, -0.25) is 0 Å². The van der Waals surface area contributed by atoms with E-state index < -0.39 is 0 Å². The van der Waals surface area contributed by atoms with Gasteiger partial charge in [-0.05, 0) is 30.5 Å². The molecule has 0 saturated carbocycles. The second-order valence-electron chi connectivity index (χ2n) is 3.16. The third-order valence-corrected chi connectivity index (χ3v) is 1.86. The van der Waals surface area contributed by atoms with Gasteiger partial charge >= 0.3 is 0 Å². The third kappa shape index (κ3) is 4.08. The van der Waals surface area contributed by atoms with E-state index in [1.54, 1.807) is 0 Å². The van der Waals surface area contributed by atoms with E-state index in [9.17, 15) is 0 Å². The van der Waals surface area contributed by atoms with Gasteiger partial charge in [-0.1, -0.05) is 26.0 Å². The molecule has 0 radical (unpaired) electrons. The number of benzene rings is 1. The molecule has 0 amide bonds. The maximum absolute atomic E-state index is 8.00. The fraction of sp³-hybridized carbons (Fsp3) is 0.417. The molecule has 1 rings (SSSR count). The first kappa shape index (κ1) is 12.7. The first-order valence-electron chi connectivity index (χ1n) is 4.75. The van der Waals surface area contributed by atoms with Crippen molar-refractivity contribution in [1.82, 2.24) is 0 Å². The summed E-state index contributed by atoms with van der Waals surface area (Å²) in [5, 5.41) is 0. The van der Waals surface area contributed by atoms with Gasteiger partial charge in [0.1, 0.15) is 12.5 Å². The van der Waals surface area contributed by atoms with Gasteiger partial charge in [0, 0.05) is 0 Å². The van der Waals surface area contributed by atoms with Crippen molar-refractivity contribution in [3.05, 3.63) is 29.8 Å². The molecule has 1 aromatic rings. The van der Waals surface area contributed by atoms with Crippen LogP contribution in [0.25, 0.3) is 0 Å². The summed E-state index contributed by atoms with van der Waals surface area (Å²) in [6.07, 6.45) is 0. The molecule has 0 fully saturated rings. The van der Waals surface area contributed by atoms with Crippen molar-refractivity contribution in [3.8, 4) is 5.75 Å². The van der Waals surface area contributed by atoms with Gasteiger partial charge < -0.3 is 9.53 Å². The molecule has 0 bridgehead atoms. The quantitative estimate of drug-likeness (QED) is 0.739. The molecule has 0 N–H and O–H groups in total. The van der Waals surface area contributed by atoms with Gasteiger partial charge in [-0.2, -0.15) is 0 Å². The molecule has 0 saturated heterocycles. The average molecular weight is 194 g/mol. The van der Waals surface area contributed by atoms with Gasteiger partial charge in [0.25, 0.3) is 0 Å². The van der Waals surface area contributed by atoms with Crippen LogP contribution in [0.1, 0.15) is 32.3 Å². The van der Waals surface area contributed by atoms with E-state index in [0.717, 1.165) is 12.4 Å². The summed E-state index contributed by atoms with van der Waals surface area (Å²) in [5.74, 6) is 1.56. The van der Waals surface area contributed by atoms with Crippen LogP contribution in [-0.2, 0) is 4.79 Å². The van der Waals surface area contributed by atoms with E-state index in [2.05, 4.69) is 26.0 Å². The minimum absolute atomic E-state index is 0.598. The molecule has 2 nitrogen and oxygen atoms in total. The minimum Gasteiger partial charge on any atom is -0.494 e. The zero-order valence-electron chi connectivity index (χ0n) is 9.12. The number of ether oxygens (including phenoxy) is 1. The Morgan fingerprint density at radius 1 is 1.21 bits per heavy atom. The monoisotopic (exact) mass is 194 g/mol. The molecule has 78 valence electrons. The van der Waals surface area contributed by atoms with E-state index in [0.29, 0.717) is 5.92 Å². The Kier molecular flexibility index (Phi) is 6.46. The first-order chi connectivity index (χ1) is 6.74. The second-order valence-corrected chi connectivity index (χ2v) is 3.16. The molecule has 0 heterocycles. The van der Waals surface area contributed by atoms with Crippen LogP contribution >= 0.6 is 0 Å². The Labute approximate surface area is 85.9 Å². The summed E-state index contributed by atoms with van der Waals surface area (Å²) in [7, 11) is 0. The van der Waals surface area contributed by atoms with Crippen LogP contribution in [0.3, 0.4) is 0 Å². The molecule has 1 aromatic carbocycles. The summed E-state index contributed by atoms with van der Waals surface area (Å²) >= 11 is 0. The summed E-state index contributed by atoms with van der Waals surface area (Å²) < 4.78 is 5.34. The van der Waals surface area contributed by atoms with Crippen molar-refractivity contribution in [3.63, 3.8) is 0 Å². The second kappa shape index (κ2) is 7.13. The highest BCUT2D eigenvalue weighted by Gasteiger charge is 1.97. The van der Waals surface area contributed by atoms with Gasteiger partial charge in [0.05, 0.1) is 6.61 Å². The van der Waals surface area contributed by atoms with Crippen molar-refractivity contribution < 1.29 is 9.53 Å². The van der Waals surface area contributed by atoms with Crippen molar-refractivity contribution in [2.75, 3.05) is 6.61 Å². The number of rotatable bonds is 3. The summed E-state index contributed by atoms with van der Waals surface area (Å²) in [6.45, 7) is 9.11. The summed E-state index contributed by atoms with van der Waals surface area (Å²) in [5.41, 5.74) is 1.36. The van der Waals surface area contributed by atoms with Gasteiger partial charge in [0.15, 0.2) is 0 Å². The lowest BCUT2D eigenvalue weighted by Gasteiger charge is -2.06. The van der Waals surface area contributed by atoms with Crippen LogP contribution in [0.5, 0.6) is 5.75 Å². The van der Waals surface area contributed by atoms with Gasteiger partial charge in [-0.15, -0.1) is 0 Å². The van der Waals surface area contributed by atoms with Crippen molar-refractivity contribution in [2.45, 2.75) is 26.7 Å². The van der Waals surface area contributed by atoms with Gasteiger partial charge in [0.2, 0.25) is 0 Å². The Morgan fingerprint density at radius 3 is 2.07 bits per heavy atom. The standard InChI is InChI=1S/C11H16O.CH2O/c1-4-12-11-7-5-10(6-8-11)9(2)3;1-2/h5-9H,4H2,1-3H3;1H2. The average Bonchev–Trinajstić information content (AvgIpc) is 2.22. The Bertz CT molecular complexity index is 239. The lowest BCUT2D eigenvalue weighted by Crippen LogP contribution is -1.92. The topological polar surface area (TPSA) is 26.3 Å². The summed E-state index contributed by atoms with van der Waals surface area (Å²) in [4.78, 5) is 8.00. The number of carbonyl (C=O) groups is 1. The summed E-state index contributed by atoms with van der Waals surface area (Å²) in [6, 6.07) is 8.29. The first-order valence-corrected chi connectivity index (χ1v) is 4.75. The van der Waals surface area contributed by atoms with Gasteiger partial charge in [-0.25, -0.2) is 0 Å². The molecule has 0 aliphatic heterocycles. The molecular weight excluding hydrogens is 176 g/mol. The molecule has 0 unspecified atom stereocenters. The molecule has 2 heteroatoms. The minimum atomic E-state index is 0.598. The molecular formula is C12H18O2. The maximum atomic E-state index is 8.00. The highest BCUT2D eigenvalue weighted by Crippen LogP contribution is 2.18. The van der Waals surface area contributed by atoms with E-state index in [-0.39, 0.29) is 0 Å². The smallest absolute Gasteiger partial charge is 0.119 e. The van der Waals surface area contributed by atoms with E-state index in [4.69, 9.17) is 9.53 Å². The maximum Gasteiger partial charge on any atom is 0.119 e. The molecule has 0 aliphatic rings. The number of hydrogen-bond acceptors (Lipinski definition) is 2. The Hall–Kier alpha value is -1.31. The van der Waals surface area contributed by atoms with E-state index in [1.165, 1.54) is 5.56 Å². The van der Waals surface area contributed by atoms with Crippen LogP contribution in [0.15, 0.2) is 24.3 Å². The Balaban J connectivity index is 0.000000791. The van der Waals surface area contributed by atoms with E-state index in [1.807, 2.05) is 25.8 Å². The lowest BCUT2D eigenvalue weighted by molar-refractivity contribution is -0.0979. The zero-order chi connectivity index (χ0) is 11.0. The fourth-order valence-corrected chi connectivity index (χ4v) is 1.12. The molecule has 14 heavy (non-hydrogen) atoms. The molecule has 0 aromatic heterocycles. The van der Waals surface area contributed by atoms with Crippen molar-refractivity contribution >= 4 is 6.79 Å². The SMILES string of the molecule is C=O.CCOc1ccc(C(C)C)cc1. The van der Waals surface area contributed by atoms with Crippen LogP contribution in [0.2, 0.25) is 0 Å². The van der Waals surface area contributed by atoms with Crippen LogP contribution in [0.4, 0.5) is 0 Å². The molecule has 0 aliphatic carbocycles. The van der Waals surface area contributed by atoms with Crippen LogP contribution in [0, 0.1) is 0 Å². The zero-order valence-corrected chi connectivity index (χ0v) is 9.12. The number of carbonyl (C=O) groups excluding carboxylic acids is 1. The number of hydrogen-bond donors (Lipinski definition) is 0. The molecule has 0 atom stereocenters. The lowest BCUT2D eigenvalue weighted by atomic mass is 10.0.